The summed E-state index contributed by atoms with van der Waals surface area (Å²) in [6, 6.07) is 16.4. The molecular weight excluding hydrogens is 468 g/mol. The van der Waals surface area contributed by atoms with E-state index in [0.717, 1.165) is 35.5 Å². The number of rotatable bonds is 12. The van der Waals surface area contributed by atoms with Gasteiger partial charge in [-0.3, -0.25) is 3.63 Å². The van der Waals surface area contributed by atoms with E-state index in [2.05, 4.69) is 49.9 Å². The second kappa shape index (κ2) is 11.8. The van der Waals surface area contributed by atoms with E-state index in [1.807, 2.05) is 24.3 Å². The average Bonchev–Trinajstić information content (AvgIpc) is 2.83. The van der Waals surface area contributed by atoms with Crippen molar-refractivity contribution in [1.82, 2.24) is 0 Å². The normalized spacial score (nSPS) is 25.0. The maximum absolute atomic E-state index is 11.3. The van der Waals surface area contributed by atoms with E-state index in [9.17, 15) is 9.59 Å². The van der Waals surface area contributed by atoms with Crippen molar-refractivity contribution in [2.24, 2.45) is 0 Å². The Bertz CT molecular complexity index is 961. The van der Waals surface area contributed by atoms with Crippen molar-refractivity contribution in [3.63, 3.8) is 0 Å². The van der Waals surface area contributed by atoms with Gasteiger partial charge in [-0.1, -0.05) is 61.7 Å². The number of hydrogen-bond donors (Lipinski definition) is 0. The lowest BCUT2D eigenvalue weighted by Gasteiger charge is -2.60. The van der Waals surface area contributed by atoms with Crippen LogP contribution in [-0.4, -0.2) is 41.0 Å². The van der Waals surface area contributed by atoms with E-state index < -0.39 is 32.6 Å². The molecule has 2 aromatic rings. The highest BCUT2D eigenvalue weighted by molar-refractivity contribution is 8.56. The minimum Gasteiger partial charge on any atom is -0.458 e. The van der Waals surface area contributed by atoms with Gasteiger partial charge in [-0.2, -0.15) is 0 Å². The number of ether oxygens (including phenoxy) is 2. The fourth-order valence-corrected chi connectivity index (χ4v) is 14.1. The van der Waals surface area contributed by atoms with Crippen molar-refractivity contribution in [2.75, 3.05) is 29.1 Å². The summed E-state index contributed by atoms with van der Waals surface area (Å²) in [5, 5.41) is 1.17. The third-order valence-corrected chi connectivity index (χ3v) is 14.3. The number of esters is 2. The molecule has 3 rings (SSSR count). The molecule has 34 heavy (non-hydrogen) atoms. The molecule has 0 saturated carbocycles. The first-order valence-electron chi connectivity index (χ1n) is 11.1. The van der Waals surface area contributed by atoms with Gasteiger partial charge in [-0.15, -0.1) is 20.6 Å². The molecule has 0 spiro atoms. The molecule has 0 aromatic heterocycles. The van der Waals surface area contributed by atoms with Gasteiger partial charge in [0.1, 0.15) is 13.2 Å². The smallest absolute Gasteiger partial charge is 0.330 e. The SMILES string of the molecule is C=CC(=O)OCc1cccc(CCS2(C)CS(C)(CCc3cccc(COC(=O)C=C)c3)O2)c1. The zero-order valence-corrected chi connectivity index (χ0v) is 21.6. The number of carbonyl (C=O) groups is 2. The van der Waals surface area contributed by atoms with Crippen LogP contribution in [0, 0.1) is 0 Å². The molecule has 2 aromatic carbocycles. The zero-order valence-electron chi connectivity index (χ0n) is 20.0. The standard InChI is InChI=1S/C27H34O5S2/c1-5-26(28)30-19-24-11-7-9-22(17-24)13-15-33(3)21-34(4,32-33)16-14-23-10-8-12-25(18-23)20-31-27(29)6-2/h5-12,17-18H,1-2,13-16,19-21H2,3-4H3. The maximum atomic E-state index is 11.3. The second-order valence-corrected chi connectivity index (χ2v) is 15.8. The van der Waals surface area contributed by atoms with Crippen LogP contribution in [0.2, 0.25) is 0 Å². The van der Waals surface area contributed by atoms with Crippen molar-refractivity contribution < 1.29 is 22.7 Å². The number of carbonyl (C=O) groups excluding carboxylic acids is 2. The van der Waals surface area contributed by atoms with Crippen LogP contribution >= 0.6 is 20.6 Å². The molecule has 1 aliphatic heterocycles. The zero-order chi connectivity index (χ0) is 24.6. The highest BCUT2D eigenvalue weighted by Crippen LogP contribution is 2.77. The summed E-state index contributed by atoms with van der Waals surface area (Å²) in [4.78, 5) is 22.6. The Morgan fingerprint density at radius 2 is 1.21 bits per heavy atom. The minimum atomic E-state index is -1.05. The molecule has 5 nitrogen and oxygen atoms in total. The Kier molecular flexibility index (Phi) is 9.05. The quantitative estimate of drug-likeness (QED) is 0.279. The van der Waals surface area contributed by atoms with Gasteiger partial charge in [0.25, 0.3) is 0 Å². The van der Waals surface area contributed by atoms with Crippen molar-refractivity contribution in [1.29, 1.82) is 0 Å². The first kappa shape index (κ1) is 26.1. The van der Waals surface area contributed by atoms with Crippen molar-refractivity contribution >= 4 is 32.6 Å². The predicted molar refractivity (Wildman–Crippen MR) is 143 cm³/mol. The summed E-state index contributed by atoms with van der Waals surface area (Å²) in [7, 11) is -2.10. The van der Waals surface area contributed by atoms with E-state index in [1.165, 1.54) is 28.4 Å². The average molecular weight is 503 g/mol. The highest BCUT2D eigenvalue weighted by atomic mass is 32.4. The molecule has 184 valence electrons. The Hall–Kier alpha value is -2.48. The Labute approximate surface area is 206 Å². The van der Waals surface area contributed by atoms with Crippen LogP contribution in [0.5, 0.6) is 0 Å². The van der Waals surface area contributed by atoms with Gasteiger partial charge in [0.15, 0.2) is 0 Å². The van der Waals surface area contributed by atoms with E-state index in [1.54, 1.807) is 0 Å². The topological polar surface area (TPSA) is 61.8 Å². The molecule has 0 bridgehead atoms. The lowest BCUT2D eigenvalue weighted by atomic mass is 10.1. The molecule has 2 unspecified atom stereocenters. The van der Waals surface area contributed by atoms with Crippen LogP contribution in [0.1, 0.15) is 22.3 Å². The minimum absolute atomic E-state index is 0.263. The molecule has 0 amide bonds. The summed E-state index contributed by atoms with van der Waals surface area (Å²) in [6.07, 6.45) is 8.84. The first-order chi connectivity index (χ1) is 16.2. The molecule has 1 heterocycles. The number of aryl methyl sites for hydroxylation is 2. The lowest BCUT2D eigenvalue weighted by molar-refractivity contribution is -0.139. The van der Waals surface area contributed by atoms with E-state index in [0.29, 0.717) is 0 Å². The summed E-state index contributed by atoms with van der Waals surface area (Å²) in [5.41, 5.74) is 4.45. The fraction of sp³-hybridized carbons (Fsp3) is 0.333. The molecule has 0 radical (unpaired) electrons. The Morgan fingerprint density at radius 3 is 1.59 bits per heavy atom. The molecular formula is C27H34O5S2. The van der Waals surface area contributed by atoms with Crippen LogP contribution in [0.15, 0.2) is 73.8 Å². The van der Waals surface area contributed by atoms with Crippen LogP contribution < -0.4 is 0 Å². The molecule has 1 fully saturated rings. The lowest BCUT2D eigenvalue weighted by Crippen LogP contribution is -2.31. The third-order valence-electron chi connectivity index (χ3n) is 5.55. The van der Waals surface area contributed by atoms with Crippen LogP contribution in [0.4, 0.5) is 0 Å². The van der Waals surface area contributed by atoms with Gasteiger partial charge in [0.2, 0.25) is 0 Å². The van der Waals surface area contributed by atoms with Gasteiger partial charge >= 0.3 is 11.9 Å². The monoisotopic (exact) mass is 502 g/mol. The van der Waals surface area contributed by atoms with E-state index >= 15 is 0 Å². The molecule has 1 saturated heterocycles. The van der Waals surface area contributed by atoms with Crippen LogP contribution in [0.25, 0.3) is 0 Å². The van der Waals surface area contributed by atoms with Gasteiger partial charge in [0, 0.05) is 23.7 Å². The highest BCUT2D eigenvalue weighted by Gasteiger charge is 2.42. The molecule has 2 atom stereocenters. The van der Waals surface area contributed by atoms with Gasteiger partial charge in [0.05, 0.1) is 5.08 Å². The molecule has 1 aliphatic rings. The maximum Gasteiger partial charge on any atom is 0.330 e. The van der Waals surface area contributed by atoms with Crippen molar-refractivity contribution in [3.05, 3.63) is 96.1 Å². The fourth-order valence-electron chi connectivity index (χ4n) is 3.95. The molecule has 0 aliphatic carbocycles. The van der Waals surface area contributed by atoms with Crippen molar-refractivity contribution in [3.8, 4) is 0 Å². The summed E-state index contributed by atoms with van der Waals surface area (Å²) >= 11 is 0. The predicted octanol–water partition coefficient (Wildman–Crippen LogP) is 5.62. The van der Waals surface area contributed by atoms with Gasteiger partial charge < -0.3 is 9.47 Å². The van der Waals surface area contributed by atoms with Crippen molar-refractivity contribution in [2.45, 2.75) is 26.1 Å². The summed E-state index contributed by atoms with van der Waals surface area (Å²) in [5.74, 6) is 1.26. The Balaban J connectivity index is 1.45. The van der Waals surface area contributed by atoms with Crippen LogP contribution in [0.3, 0.4) is 0 Å². The van der Waals surface area contributed by atoms with Gasteiger partial charge in [-0.05, 0) is 47.6 Å². The number of benzene rings is 2. The first-order valence-corrected chi connectivity index (χ1v) is 15.8. The molecule has 7 heteroatoms. The van der Waals surface area contributed by atoms with E-state index in [-0.39, 0.29) is 13.2 Å². The summed E-state index contributed by atoms with van der Waals surface area (Å²) < 4.78 is 16.9. The molecule has 0 N–H and O–H groups in total. The Morgan fingerprint density at radius 1 is 0.824 bits per heavy atom. The van der Waals surface area contributed by atoms with Crippen LogP contribution in [-0.2, 0) is 48.7 Å². The van der Waals surface area contributed by atoms with Gasteiger partial charge in [-0.25, -0.2) is 9.59 Å². The number of hydrogen-bond acceptors (Lipinski definition) is 5. The summed E-state index contributed by atoms with van der Waals surface area (Å²) in [6.45, 7) is 7.37. The largest absolute Gasteiger partial charge is 0.458 e. The van der Waals surface area contributed by atoms with E-state index in [4.69, 9.17) is 13.1 Å². The third kappa shape index (κ3) is 7.79. The second-order valence-electron chi connectivity index (χ2n) is 8.73.